The number of hydrogen-bond donors (Lipinski definition) is 0. The Bertz CT molecular complexity index is 465. The van der Waals surface area contributed by atoms with E-state index >= 15 is 0 Å². The first-order valence-electron chi connectivity index (χ1n) is 5.14. The van der Waals surface area contributed by atoms with Crippen molar-refractivity contribution in [2.24, 2.45) is 0 Å². The van der Waals surface area contributed by atoms with Crippen molar-refractivity contribution >= 4 is 27.3 Å². The Morgan fingerprint density at radius 1 is 1.56 bits per heavy atom. The van der Waals surface area contributed by atoms with Crippen molar-refractivity contribution in [2.75, 3.05) is 0 Å². The number of thiazole rings is 1. The van der Waals surface area contributed by atoms with E-state index in [4.69, 9.17) is 0 Å². The third kappa shape index (κ3) is 2.68. The number of aromatic nitrogens is 4. The minimum atomic E-state index is 0.296. The van der Waals surface area contributed by atoms with E-state index in [2.05, 4.69) is 38.1 Å². The van der Waals surface area contributed by atoms with Gasteiger partial charge < -0.3 is 0 Å². The van der Waals surface area contributed by atoms with Gasteiger partial charge in [0.05, 0.1) is 22.1 Å². The molecule has 86 valence electrons. The maximum atomic E-state index is 4.22. The molecule has 16 heavy (non-hydrogen) atoms. The van der Waals surface area contributed by atoms with E-state index in [1.807, 2.05) is 24.0 Å². The molecular weight excluding hydrogens is 288 g/mol. The number of halogens is 1. The highest BCUT2D eigenvalue weighted by atomic mass is 79.9. The molecule has 4 nitrogen and oxygen atoms in total. The minimum Gasteiger partial charge on any atom is -0.250 e. The van der Waals surface area contributed by atoms with Gasteiger partial charge in [-0.1, -0.05) is 28.1 Å². The van der Waals surface area contributed by atoms with Crippen LogP contribution in [0.25, 0.3) is 0 Å². The van der Waals surface area contributed by atoms with Crippen molar-refractivity contribution in [2.45, 2.75) is 31.6 Å². The lowest BCUT2D eigenvalue weighted by Gasteiger charge is -1.99. The van der Waals surface area contributed by atoms with Gasteiger partial charge in [-0.15, -0.1) is 16.4 Å². The van der Waals surface area contributed by atoms with E-state index in [0.717, 1.165) is 23.7 Å². The lowest BCUT2D eigenvalue weighted by molar-refractivity contribution is 0.654. The van der Waals surface area contributed by atoms with Crippen molar-refractivity contribution < 1.29 is 0 Å². The molecule has 1 unspecified atom stereocenters. The van der Waals surface area contributed by atoms with Crippen LogP contribution < -0.4 is 0 Å². The fraction of sp³-hybridized carbons (Fsp3) is 0.500. The van der Waals surface area contributed by atoms with Crippen molar-refractivity contribution in [1.29, 1.82) is 0 Å². The number of aryl methyl sites for hydroxylation is 1. The van der Waals surface area contributed by atoms with Gasteiger partial charge in [-0.2, -0.15) is 0 Å². The van der Waals surface area contributed by atoms with Crippen LogP contribution >= 0.6 is 27.3 Å². The van der Waals surface area contributed by atoms with Gasteiger partial charge in [0, 0.05) is 17.3 Å². The molecule has 2 aromatic rings. The Balaban J connectivity index is 2.08. The molecule has 2 heterocycles. The Morgan fingerprint density at radius 3 is 3.00 bits per heavy atom. The summed E-state index contributed by atoms with van der Waals surface area (Å²) in [5, 5.41) is 9.33. The van der Waals surface area contributed by atoms with Gasteiger partial charge in [-0.05, 0) is 13.3 Å². The Kier molecular flexibility index (Phi) is 3.70. The molecule has 2 aromatic heterocycles. The summed E-state index contributed by atoms with van der Waals surface area (Å²) in [4.78, 5) is 5.72. The highest BCUT2D eigenvalue weighted by molar-refractivity contribution is 9.09. The van der Waals surface area contributed by atoms with Gasteiger partial charge in [0.1, 0.15) is 0 Å². The van der Waals surface area contributed by atoms with Crippen LogP contribution in [0.15, 0.2) is 12.4 Å². The first kappa shape index (κ1) is 11.7. The minimum absolute atomic E-state index is 0.296. The second kappa shape index (κ2) is 5.05. The maximum Gasteiger partial charge on any atom is 0.0963 e. The number of hydrogen-bond acceptors (Lipinski definition) is 4. The summed E-state index contributed by atoms with van der Waals surface area (Å²) in [6, 6.07) is 0. The van der Waals surface area contributed by atoms with Gasteiger partial charge in [-0.3, -0.25) is 0 Å². The zero-order valence-electron chi connectivity index (χ0n) is 9.22. The van der Waals surface area contributed by atoms with Crippen LogP contribution in [0.4, 0.5) is 0 Å². The zero-order valence-corrected chi connectivity index (χ0v) is 11.6. The summed E-state index contributed by atoms with van der Waals surface area (Å²) in [7, 11) is 0. The quantitative estimate of drug-likeness (QED) is 0.816. The molecule has 1 atom stereocenters. The normalized spacial score (nSPS) is 12.9. The van der Waals surface area contributed by atoms with Crippen LogP contribution in [0.3, 0.4) is 0 Å². The standard InChI is InChI=1S/C10H13BrN4S/c1-3-9(11)10-6-15(14-13-10)5-8-4-12-7(2)16-8/h4,6,9H,3,5H2,1-2H3. The molecule has 2 rings (SSSR count). The highest BCUT2D eigenvalue weighted by Crippen LogP contribution is 2.23. The lowest BCUT2D eigenvalue weighted by Crippen LogP contribution is -1.98. The number of rotatable bonds is 4. The second-order valence-electron chi connectivity index (χ2n) is 3.56. The fourth-order valence-corrected chi connectivity index (χ4v) is 2.38. The summed E-state index contributed by atoms with van der Waals surface area (Å²) >= 11 is 5.26. The van der Waals surface area contributed by atoms with Crippen molar-refractivity contribution in [1.82, 2.24) is 20.0 Å². The predicted molar refractivity (Wildman–Crippen MR) is 67.9 cm³/mol. The van der Waals surface area contributed by atoms with E-state index in [1.165, 1.54) is 4.88 Å². The van der Waals surface area contributed by atoms with Gasteiger partial charge in [0.2, 0.25) is 0 Å². The Hall–Kier alpha value is -0.750. The van der Waals surface area contributed by atoms with Crippen molar-refractivity contribution in [3.8, 4) is 0 Å². The Morgan fingerprint density at radius 2 is 2.38 bits per heavy atom. The van der Waals surface area contributed by atoms with Crippen LogP contribution in [0.2, 0.25) is 0 Å². The lowest BCUT2D eigenvalue weighted by atomic mass is 10.3. The molecule has 0 radical (unpaired) electrons. The van der Waals surface area contributed by atoms with Gasteiger partial charge >= 0.3 is 0 Å². The molecule has 0 saturated heterocycles. The molecule has 0 bridgehead atoms. The van der Waals surface area contributed by atoms with E-state index in [0.29, 0.717) is 4.83 Å². The molecule has 6 heteroatoms. The highest BCUT2D eigenvalue weighted by Gasteiger charge is 2.10. The monoisotopic (exact) mass is 300 g/mol. The molecule has 0 fully saturated rings. The van der Waals surface area contributed by atoms with E-state index in [9.17, 15) is 0 Å². The van der Waals surface area contributed by atoms with Crippen LogP contribution in [0.1, 0.15) is 33.8 Å². The SMILES string of the molecule is CCC(Br)c1cn(Cc2cnc(C)s2)nn1. The van der Waals surface area contributed by atoms with Crippen molar-refractivity contribution in [3.05, 3.63) is 28.0 Å². The summed E-state index contributed by atoms with van der Waals surface area (Å²) in [5.74, 6) is 0. The zero-order chi connectivity index (χ0) is 11.5. The fourth-order valence-electron chi connectivity index (χ4n) is 1.38. The molecule has 0 N–H and O–H groups in total. The summed E-state index contributed by atoms with van der Waals surface area (Å²) in [5.41, 5.74) is 0.990. The first-order valence-corrected chi connectivity index (χ1v) is 6.87. The third-order valence-electron chi connectivity index (χ3n) is 2.22. The molecule has 0 aliphatic heterocycles. The third-order valence-corrected chi connectivity index (χ3v) is 4.24. The van der Waals surface area contributed by atoms with E-state index in [1.54, 1.807) is 11.3 Å². The van der Waals surface area contributed by atoms with Gasteiger partial charge in [-0.25, -0.2) is 9.67 Å². The average Bonchev–Trinajstić information content (AvgIpc) is 2.87. The van der Waals surface area contributed by atoms with Crippen LogP contribution in [-0.2, 0) is 6.54 Å². The molecule has 0 amide bonds. The Labute approximate surface area is 107 Å². The molecule has 0 saturated carbocycles. The topological polar surface area (TPSA) is 43.6 Å². The largest absolute Gasteiger partial charge is 0.250 e. The van der Waals surface area contributed by atoms with E-state index < -0.39 is 0 Å². The molecule has 0 aliphatic carbocycles. The van der Waals surface area contributed by atoms with E-state index in [-0.39, 0.29) is 0 Å². The molecule has 0 aliphatic rings. The second-order valence-corrected chi connectivity index (χ2v) is 5.99. The summed E-state index contributed by atoms with van der Waals surface area (Å²) < 4.78 is 1.85. The first-order chi connectivity index (χ1) is 7.69. The van der Waals surface area contributed by atoms with Gasteiger partial charge in [0.25, 0.3) is 0 Å². The van der Waals surface area contributed by atoms with Crippen LogP contribution in [0, 0.1) is 6.92 Å². The average molecular weight is 301 g/mol. The van der Waals surface area contributed by atoms with Crippen LogP contribution in [0.5, 0.6) is 0 Å². The van der Waals surface area contributed by atoms with Gasteiger partial charge in [0.15, 0.2) is 0 Å². The molecule has 0 aromatic carbocycles. The summed E-state index contributed by atoms with van der Waals surface area (Å²) in [6.45, 7) is 4.87. The maximum absolute atomic E-state index is 4.22. The summed E-state index contributed by atoms with van der Waals surface area (Å²) in [6.07, 6.45) is 4.89. The smallest absolute Gasteiger partial charge is 0.0963 e. The predicted octanol–water partition coefficient (Wildman–Crippen LogP) is 2.94. The number of nitrogens with zero attached hydrogens (tertiary/aromatic N) is 4. The van der Waals surface area contributed by atoms with Crippen LogP contribution in [-0.4, -0.2) is 20.0 Å². The number of alkyl halides is 1. The molecule has 0 spiro atoms. The molecular formula is C10H13BrN4S. The van der Waals surface area contributed by atoms with Crippen molar-refractivity contribution in [3.63, 3.8) is 0 Å².